The molecule has 3 heterocycles. The van der Waals surface area contributed by atoms with Gasteiger partial charge in [0.2, 0.25) is 11.8 Å². The molecule has 2 N–H and O–H groups in total. The van der Waals surface area contributed by atoms with Crippen molar-refractivity contribution in [1.82, 2.24) is 24.7 Å². The molecular formula is C26H33N5O6. The van der Waals surface area contributed by atoms with E-state index in [0.717, 1.165) is 12.1 Å². The van der Waals surface area contributed by atoms with Crippen molar-refractivity contribution in [2.24, 2.45) is 7.05 Å². The summed E-state index contributed by atoms with van der Waals surface area (Å²) in [5, 5.41) is 5.06. The van der Waals surface area contributed by atoms with Crippen LogP contribution in [0.4, 0.5) is 4.79 Å². The van der Waals surface area contributed by atoms with E-state index in [4.69, 9.17) is 9.47 Å². The number of carbonyl (C=O) groups is 3. The maximum absolute atomic E-state index is 12.9. The van der Waals surface area contributed by atoms with Crippen molar-refractivity contribution >= 4 is 28.9 Å². The molecule has 0 aliphatic carbocycles. The number of ether oxygens (including phenoxy) is 2. The topological polar surface area (TPSA) is 124 Å². The van der Waals surface area contributed by atoms with Gasteiger partial charge in [0.25, 0.3) is 0 Å². The molecule has 1 aromatic carbocycles. The lowest BCUT2D eigenvalue weighted by atomic mass is 10.1. The predicted octanol–water partition coefficient (Wildman–Crippen LogP) is 0.895. The predicted molar refractivity (Wildman–Crippen MR) is 136 cm³/mol. The fraction of sp³-hybridized carbons (Fsp3) is 0.538. The molecule has 2 aromatic rings. The van der Waals surface area contributed by atoms with Crippen molar-refractivity contribution in [2.75, 3.05) is 32.8 Å². The summed E-state index contributed by atoms with van der Waals surface area (Å²) >= 11 is 0. The minimum absolute atomic E-state index is 0.152. The summed E-state index contributed by atoms with van der Waals surface area (Å²) in [5.41, 5.74) is 1.18. The summed E-state index contributed by atoms with van der Waals surface area (Å²) in [6.45, 7) is 8.24. The highest BCUT2D eigenvalue weighted by molar-refractivity contribution is 6.00. The Hall–Kier alpha value is -3.62. The van der Waals surface area contributed by atoms with Crippen molar-refractivity contribution < 1.29 is 23.9 Å². The Morgan fingerprint density at radius 3 is 2.76 bits per heavy atom. The maximum atomic E-state index is 12.9. The number of rotatable bonds is 4. The standard InChI is InChI=1S/C26H33N5O6/c1-26(2,3)37-24(34)27-15-18-16-30(12-13-36-18)11-5-6-17-7-8-19-21(14-17)29(4)25(35)31(19)20-9-10-22(32)28-23(20)33/h7-8,14,18,20H,9-13,15-16H2,1-4H3,(H,27,34)(H,28,32,33)/t18-,20?/m1/s1. The number of aromatic nitrogens is 2. The summed E-state index contributed by atoms with van der Waals surface area (Å²) in [4.78, 5) is 50.8. The van der Waals surface area contributed by atoms with Gasteiger partial charge in [0, 0.05) is 38.7 Å². The van der Waals surface area contributed by atoms with Gasteiger partial charge < -0.3 is 14.8 Å². The van der Waals surface area contributed by atoms with E-state index in [1.165, 1.54) is 9.13 Å². The second kappa shape index (κ2) is 10.8. The van der Waals surface area contributed by atoms with E-state index in [0.29, 0.717) is 43.7 Å². The lowest BCUT2D eigenvalue weighted by molar-refractivity contribution is -0.135. The van der Waals surface area contributed by atoms with Crippen LogP contribution in [0.2, 0.25) is 0 Å². The van der Waals surface area contributed by atoms with Crippen molar-refractivity contribution in [3.05, 3.63) is 34.2 Å². The molecule has 2 atom stereocenters. The summed E-state index contributed by atoms with van der Waals surface area (Å²) in [5.74, 6) is 5.56. The first-order chi connectivity index (χ1) is 17.5. The number of piperidine rings is 1. The number of nitrogens with one attached hydrogen (secondary N) is 2. The van der Waals surface area contributed by atoms with Crippen LogP contribution in [-0.4, -0.2) is 76.4 Å². The number of hydrogen-bond acceptors (Lipinski definition) is 7. The minimum atomic E-state index is -0.718. The fourth-order valence-electron chi connectivity index (χ4n) is 4.48. The van der Waals surface area contributed by atoms with Gasteiger partial charge in [-0.3, -0.25) is 28.9 Å². The van der Waals surface area contributed by atoms with Crippen LogP contribution in [0.3, 0.4) is 0 Å². The van der Waals surface area contributed by atoms with Gasteiger partial charge in [0.05, 0.1) is 30.3 Å². The van der Waals surface area contributed by atoms with Crippen LogP contribution in [0.25, 0.3) is 11.0 Å². The van der Waals surface area contributed by atoms with E-state index >= 15 is 0 Å². The number of benzene rings is 1. The molecule has 4 rings (SSSR count). The lowest BCUT2D eigenvalue weighted by Crippen LogP contribution is -2.48. The normalized spacial score (nSPS) is 20.8. The Morgan fingerprint density at radius 1 is 1.24 bits per heavy atom. The maximum Gasteiger partial charge on any atom is 0.407 e. The Morgan fingerprint density at radius 2 is 2.03 bits per heavy atom. The smallest absolute Gasteiger partial charge is 0.407 e. The second-order valence-corrected chi connectivity index (χ2v) is 10.3. The van der Waals surface area contributed by atoms with E-state index < -0.39 is 23.6 Å². The van der Waals surface area contributed by atoms with Crippen LogP contribution < -0.4 is 16.3 Å². The monoisotopic (exact) mass is 511 g/mol. The van der Waals surface area contributed by atoms with Crippen molar-refractivity contribution in [3.8, 4) is 11.8 Å². The highest BCUT2D eigenvalue weighted by Gasteiger charge is 2.31. The third-order valence-electron chi connectivity index (χ3n) is 6.24. The van der Waals surface area contributed by atoms with Gasteiger partial charge >= 0.3 is 11.8 Å². The summed E-state index contributed by atoms with van der Waals surface area (Å²) < 4.78 is 14.0. The van der Waals surface area contributed by atoms with Crippen LogP contribution in [0.5, 0.6) is 0 Å². The SMILES string of the molecule is Cn1c(=O)n(C2CCC(=O)NC2=O)c2ccc(C#CCN3CCO[C@H](CNC(=O)OC(C)(C)C)C3)cc21. The zero-order chi connectivity index (χ0) is 26.7. The van der Waals surface area contributed by atoms with Crippen molar-refractivity contribution in [2.45, 2.75) is 51.4 Å². The van der Waals surface area contributed by atoms with E-state index in [-0.39, 0.29) is 24.1 Å². The van der Waals surface area contributed by atoms with Crippen LogP contribution in [0.1, 0.15) is 45.2 Å². The zero-order valence-corrected chi connectivity index (χ0v) is 21.6. The lowest BCUT2D eigenvalue weighted by Gasteiger charge is -2.31. The molecule has 3 amide bonds. The van der Waals surface area contributed by atoms with E-state index in [1.807, 2.05) is 32.9 Å². The number of hydrogen-bond donors (Lipinski definition) is 2. The third-order valence-corrected chi connectivity index (χ3v) is 6.24. The highest BCUT2D eigenvalue weighted by atomic mass is 16.6. The molecule has 1 aromatic heterocycles. The third kappa shape index (κ3) is 6.39. The van der Waals surface area contributed by atoms with Crippen molar-refractivity contribution in [3.63, 3.8) is 0 Å². The van der Waals surface area contributed by atoms with E-state index in [2.05, 4.69) is 27.4 Å². The van der Waals surface area contributed by atoms with Gasteiger partial charge in [0.15, 0.2) is 0 Å². The number of fused-ring (bicyclic) bond motifs is 1. The van der Waals surface area contributed by atoms with Gasteiger partial charge in [0.1, 0.15) is 11.6 Å². The van der Waals surface area contributed by atoms with Crippen LogP contribution >= 0.6 is 0 Å². The van der Waals surface area contributed by atoms with Gasteiger partial charge in [-0.25, -0.2) is 9.59 Å². The first kappa shape index (κ1) is 26.4. The summed E-state index contributed by atoms with van der Waals surface area (Å²) in [7, 11) is 1.66. The van der Waals surface area contributed by atoms with Crippen LogP contribution in [-0.2, 0) is 26.1 Å². The van der Waals surface area contributed by atoms with E-state index in [1.54, 1.807) is 13.1 Å². The average Bonchev–Trinajstić information content (AvgIpc) is 3.07. The molecule has 11 heteroatoms. The van der Waals surface area contributed by atoms with Gasteiger partial charge in [-0.15, -0.1) is 0 Å². The average molecular weight is 512 g/mol. The Balaban J connectivity index is 1.39. The molecule has 0 saturated carbocycles. The molecule has 198 valence electrons. The number of aryl methyl sites for hydroxylation is 1. The zero-order valence-electron chi connectivity index (χ0n) is 21.6. The van der Waals surface area contributed by atoms with Gasteiger partial charge in [-0.05, 0) is 45.4 Å². The molecule has 37 heavy (non-hydrogen) atoms. The Kier molecular flexibility index (Phi) is 7.71. The minimum Gasteiger partial charge on any atom is -0.444 e. The first-order valence-corrected chi connectivity index (χ1v) is 12.4. The number of imide groups is 1. The van der Waals surface area contributed by atoms with Crippen molar-refractivity contribution in [1.29, 1.82) is 0 Å². The molecular weight excluding hydrogens is 478 g/mol. The van der Waals surface area contributed by atoms with Gasteiger partial charge in [-0.2, -0.15) is 0 Å². The van der Waals surface area contributed by atoms with Crippen LogP contribution in [0, 0.1) is 11.8 Å². The van der Waals surface area contributed by atoms with Crippen LogP contribution in [0.15, 0.2) is 23.0 Å². The second-order valence-electron chi connectivity index (χ2n) is 10.3. The molecule has 1 unspecified atom stereocenters. The molecule has 0 spiro atoms. The number of carbonyl (C=O) groups excluding carboxylic acids is 3. The highest BCUT2D eigenvalue weighted by Crippen LogP contribution is 2.23. The molecule has 11 nitrogen and oxygen atoms in total. The fourth-order valence-corrected chi connectivity index (χ4v) is 4.48. The molecule has 2 saturated heterocycles. The Labute approximate surface area is 215 Å². The number of amides is 3. The summed E-state index contributed by atoms with van der Waals surface area (Å²) in [6.07, 6.45) is -0.133. The number of morpholine rings is 1. The van der Waals surface area contributed by atoms with Gasteiger partial charge in [-0.1, -0.05) is 11.8 Å². The number of nitrogens with zero attached hydrogens (tertiary/aromatic N) is 3. The number of imidazole rings is 1. The Bertz CT molecular complexity index is 1330. The largest absolute Gasteiger partial charge is 0.444 e. The number of alkyl carbamates (subject to hydrolysis) is 1. The molecule has 2 fully saturated rings. The molecule has 2 aliphatic heterocycles. The molecule has 0 radical (unpaired) electrons. The molecule has 0 bridgehead atoms. The van der Waals surface area contributed by atoms with E-state index in [9.17, 15) is 19.2 Å². The summed E-state index contributed by atoms with van der Waals surface area (Å²) in [6, 6.07) is 4.73. The first-order valence-electron chi connectivity index (χ1n) is 12.4. The molecule has 2 aliphatic rings. The quantitative estimate of drug-likeness (QED) is 0.462.